The SMILES string of the molecule is COC(=O)[C@H]1CCCN1C(=O)CO/N=C1\C=C2CC[C@H]3[C@@H](CC[C@@]4(C)[C@H]3CC[C@]4(O)C(C)=O)[C@@]2(C)CC1. The molecule has 0 spiro atoms. The number of esters is 1. The summed E-state index contributed by atoms with van der Waals surface area (Å²) in [5.74, 6) is 0.789. The van der Waals surface area contributed by atoms with Crippen LogP contribution in [0.15, 0.2) is 16.8 Å². The molecule has 1 amide bonds. The zero-order valence-electron chi connectivity index (χ0n) is 22.8. The molecular weight excluding hydrogens is 472 g/mol. The van der Waals surface area contributed by atoms with Crippen LogP contribution in [0.5, 0.6) is 0 Å². The van der Waals surface area contributed by atoms with E-state index < -0.39 is 11.6 Å². The minimum absolute atomic E-state index is 0.0684. The second-order valence-electron chi connectivity index (χ2n) is 12.5. The zero-order chi connectivity index (χ0) is 26.6. The van der Waals surface area contributed by atoms with E-state index >= 15 is 0 Å². The van der Waals surface area contributed by atoms with Crippen molar-refractivity contribution in [3.63, 3.8) is 0 Å². The van der Waals surface area contributed by atoms with Crippen molar-refractivity contribution in [2.75, 3.05) is 20.3 Å². The number of carbonyl (C=O) groups is 3. The third-order valence-electron chi connectivity index (χ3n) is 11.1. The topological polar surface area (TPSA) is 106 Å². The van der Waals surface area contributed by atoms with Crippen LogP contribution < -0.4 is 0 Å². The van der Waals surface area contributed by atoms with E-state index in [2.05, 4.69) is 25.1 Å². The average molecular weight is 515 g/mol. The molecule has 0 bridgehead atoms. The van der Waals surface area contributed by atoms with E-state index in [1.165, 1.54) is 17.6 Å². The van der Waals surface area contributed by atoms with Gasteiger partial charge in [0.1, 0.15) is 11.6 Å². The van der Waals surface area contributed by atoms with E-state index in [1.54, 1.807) is 6.92 Å². The Labute approximate surface area is 219 Å². The summed E-state index contributed by atoms with van der Waals surface area (Å²) in [7, 11) is 1.34. The van der Waals surface area contributed by atoms with Crippen molar-refractivity contribution >= 4 is 23.4 Å². The molecule has 37 heavy (non-hydrogen) atoms. The van der Waals surface area contributed by atoms with Gasteiger partial charge in [-0.1, -0.05) is 24.6 Å². The molecule has 0 radical (unpaired) electrons. The first kappa shape index (κ1) is 26.4. The molecule has 0 aromatic carbocycles. The Morgan fingerprint density at radius 3 is 2.57 bits per heavy atom. The maximum Gasteiger partial charge on any atom is 0.328 e. The molecule has 1 aliphatic heterocycles. The number of ketones is 1. The van der Waals surface area contributed by atoms with Crippen molar-refractivity contribution in [1.29, 1.82) is 0 Å². The van der Waals surface area contributed by atoms with Gasteiger partial charge in [-0.15, -0.1) is 0 Å². The van der Waals surface area contributed by atoms with Crippen molar-refractivity contribution in [3.8, 4) is 0 Å². The first-order valence-electron chi connectivity index (χ1n) is 14.1. The molecule has 4 fully saturated rings. The van der Waals surface area contributed by atoms with Gasteiger partial charge in [-0.3, -0.25) is 9.59 Å². The molecule has 0 aromatic heterocycles. The standard InChI is InChI=1S/C29H42N2O6/c1-18(32)29(35)14-11-23-21-8-7-19-16-20(9-12-27(19,2)22(21)10-13-28(23,29)3)30-37-17-25(33)31-15-5-6-24(31)26(34)36-4/h16,21-24,35H,5-15,17H2,1-4H3/b30-20-/t21-,22+,23-,24+,27-,28-,29-/m0/s1. The monoisotopic (exact) mass is 514 g/mol. The number of Topliss-reactive ketones (excluding diaryl/α,β-unsaturated/α-hetero) is 1. The van der Waals surface area contributed by atoms with Crippen LogP contribution in [-0.4, -0.2) is 65.3 Å². The molecule has 5 rings (SSSR count). The van der Waals surface area contributed by atoms with Gasteiger partial charge in [0.15, 0.2) is 12.4 Å². The Bertz CT molecular complexity index is 1040. The summed E-state index contributed by atoms with van der Waals surface area (Å²) in [5, 5.41) is 15.7. The molecule has 204 valence electrons. The van der Waals surface area contributed by atoms with Gasteiger partial charge < -0.3 is 19.6 Å². The molecule has 8 heteroatoms. The van der Waals surface area contributed by atoms with Crippen molar-refractivity contribution in [2.45, 2.75) is 96.6 Å². The third kappa shape index (κ3) is 4.05. The molecule has 5 aliphatic rings. The minimum Gasteiger partial charge on any atom is -0.467 e. The van der Waals surface area contributed by atoms with Crippen LogP contribution in [0.25, 0.3) is 0 Å². The summed E-state index contributed by atoms with van der Waals surface area (Å²) in [4.78, 5) is 44.0. The van der Waals surface area contributed by atoms with E-state index in [9.17, 15) is 19.5 Å². The number of oxime groups is 1. The first-order chi connectivity index (χ1) is 17.5. The van der Waals surface area contributed by atoms with Crippen LogP contribution in [0.2, 0.25) is 0 Å². The molecular formula is C29H42N2O6. The fourth-order valence-corrected chi connectivity index (χ4v) is 8.94. The number of carbonyl (C=O) groups excluding carboxylic acids is 3. The largest absolute Gasteiger partial charge is 0.467 e. The van der Waals surface area contributed by atoms with Crippen LogP contribution in [0.1, 0.15) is 85.0 Å². The van der Waals surface area contributed by atoms with Gasteiger partial charge in [-0.2, -0.15) is 0 Å². The maximum atomic E-state index is 12.6. The Morgan fingerprint density at radius 1 is 1.08 bits per heavy atom. The fourth-order valence-electron chi connectivity index (χ4n) is 8.94. The lowest BCUT2D eigenvalue weighted by Gasteiger charge is -2.59. The number of likely N-dealkylation sites (tertiary alicyclic amines) is 1. The lowest BCUT2D eigenvalue weighted by atomic mass is 9.46. The summed E-state index contributed by atoms with van der Waals surface area (Å²) in [5.41, 5.74) is 0.896. The van der Waals surface area contributed by atoms with Gasteiger partial charge in [0.05, 0.1) is 12.8 Å². The van der Waals surface area contributed by atoms with E-state index in [0.717, 1.165) is 57.1 Å². The van der Waals surface area contributed by atoms with Crippen molar-refractivity contribution in [2.24, 2.45) is 33.7 Å². The van der Waals surface area contributed by atoms with Crippen LogP contribution in [-0.2, 0) is 24.0 Å². The number of hydrogen-bond donors (Lipinski definition) is 1. The number of amides is 1. The van der Waals surface area contributed by atoms with Crippen LogP contribution in [0.4, 0.5) is 0 Å². The number of aliphatic hydroxyl groups is 1. The average Bonchev–Trinajstić information content (AvgIpc) is 3.47. The lowest BCUT2D eigenvalue weighted by molar-refractivity contribution is -0.159. The fraction of sp³-hybridized carbons (Fsp3) is 0.793. The second kappa shape index (κ2) is 9.51. The smallest absolute Gasteiger partial charge is 0.328 e. The van der Waals surface area contributed by atoms with Gasteiger partial charge in [-0.25, -0.2) is 4.79 Å². The summed E-state index contributed by atoms with van der Waals surface area (Å²) < 4.78 is 4.82. The molecule has 0 unspecified atom stereocenters. The number of fused-ring (bicyclic) bond motifs is 5. The molecule has 3 saturated carbocycles. The van der Waals surface area contributed by atoms with Crippen molar-refractivity contribution in [3.05, 3.63) is 11.6 Å². The van der Waals surface area contributed by atoms with Gasteiger partial charge >= 0.3 is 5.97 Å². The Balaban J connectivity index is 1.25. The summed E-state index contributed by atoms with van der Waals surface area (Å²) >= 11 is 0. The lowest BCUT2D eigenvalue weighted by Crippen LogP contribution is -2.57. The predicted octanol–water partition coefficient (Wildman–Crippen LogP) is 3.81. The summed E-state index contributed by atoms with van der Waals surface area (Å²) in [6, 6.07) is -0.523. The highest BCUT2D eigenvalue weighted by atomic mass is 16.6. The molecule has 8 nitrogen and oxygen atoms in total. The highest BCUT2D eigenvalue weighted by Gasteiger charge is 2.65. The van der Waals surface area contributed by atoms with Crippen LogP contribution in [0.3, 0.4) is 0 Å². The second-order valence-corrected chi connectivity index (χ2v) is 12.5. The molecule has 1 heterocycles. The van der Waals surface area contributed by atoms with Gasteiger partial charge in [0.2, 0.25) is 0 Å². The summed E-state index contributed by atoms with van der Waals surface area (Å²) in [6.07, 6.45) is 10.9. The number of nitrogens with zero attached hydrogens (tertiary/aromatic N) is 2. The molecule has 1 saturated heterocycles. The number of ether oxygens (including phenoxy) is 1. The highest BCUT2D eigenvalue weighted by Crippen LogP contribution is 2.67. The van der Waals surface area contributed by atoms with E-state index in [0.29, 0.717) is 37.1 Å². The Hall–Kier alpha value is -2.22. The first-order valence-corrected chi connectivity index (χ1v) is 14.1. The van der Waals surface area contributed by atoms with Crippen molar-refractivity contribution < 1.29 is 29.1 Å². The van der Waals surface area contributed by atoms with Gasteiger partial charge in [-0.05, 0) is 100 Å². The zero-order valence-corrected chi connectivity index (χ0v) is 22.8. The van der Waals surface area contributed by atoms with Crippen LogP contribution in [0, 0.1) is 28.6 Å². The molecule has 0 aromatic rings. The van der Waals surface area contributed by atoms with E-state index in [1.807, 2.05) is 0 Å². The third-order valence-corrected chi connectivity index (χ3v) is 11.1. The van der Waals surface area contributed by atoms with E-state index in [4.69, 9.17) is 9.57 Å². The predicted molar refractivity (Wildman–Crippen MR) is 137 cm³/mol. The number of allylic oxidation sites excluding steroid dienone is 2. The normalized spacial score (nSPS) is 41.9. The molecule has 7 atom stereocenters. The van der Waals surface area contributed by atoms with Gasteiger partial charge in [0.25, 0.3) is 5.91 Å². The summed E-state index contributed by atoms with van der Waals surface area (Å²) in [6.45, 7) is 6.47. The Kier molecular flexibility index (Phi) is 6.78. The minimum atomic E-state index is -1.17. The highest BCUT2D eigenvalue weighted by molar-refractivity contribution is 5.96. The molecule has 1 N–H and O–H groups in total. The maximum absolute atomic E-state index is 12.6. The van der Waals surface area contributed by atoms with E-state index in [-0.39, 0.29) is 35.1 Å². The van der Waals surface area contributed by atoms with Crippen LogP contribution >= 0.6 is 0 Å². The number of rotatable bonds is 5. The van der Waals surface area contributed by atoms with Gasteiger partial charge in [0, 0.05) is 12.0 Å². The van der Waals surface area contributed by atoms with Crippen molar-refractivity contribution in [1.82, 2.24) is 4.90 Å². The Morgan fingerprint density at radius 2 is 1.84 bits per heavy atom. The number of hydrogen-bond acceptors (Lipinski definition) is 7. The number of methoxy groups -OCH3 is 1. The quantitative estimate of drug-likeness (QED) is 0.442. The molecule has 4 aliphatic carbocycles.